The van der Waals surface area contributed by atoms with Gasteiger partial charge in [0, 0.05) is 0 Å². The molecule has 0 aliphatic carbocycles. The van der Waals surface area contributed by atoms with Gasteiger partial charge in [-0.1, -0.05) is 0 Å². The van der Waals surface area contributed by atoms with E-state index in [1.807, 2.05) is 0 Å². The summed E-state index contributed by atoms with van der Waals surface area (Å²) in [4.78, 5) is 11.0. The third kappa shape index (κ3) is 6.62. The summed E-state index contributed by atoms with van der Waals surface area (Å²) in [6, 6.07) is 0. The van der Waals surface area contributed by atoms with Crippen LogP contribution in [0.5, 0.6) is 0 Å². The fourth-order valence-electron chi connectivity index (χ4n) is 0.842. The van der Waals surface area contributed by atoms with E-state index in [0.29, 0.717) is 0 Å². The molecule has 0 aromatic heterocycles. The Balaban J connectivity index is 4.06. The highest BCUT2D eigenvalue weighted by Crippen LogP contribution is 2.42. The van der Waals surface area contributed by atoms with Gasteiger partial charge < -0.3 is 4.74 Å². The lowest BCUT2D eigenvalue weighted by Crippen LogP contribution is -2.24. The molecule has 0 amide bonds. The van der Waals surface area contributed by atoms with Crippen molar-refractivity contribution in [3.05, 3.63) is 0 Å². The van der Waals surface area contributed by atoms with Gasteiger partial charge in [-0.15, -0.1) is 0 Å². The molecule has 0 aliphatic heterocycles. The van der Waals surface area contributed by atoms with Gasteiger partial charge in [0.25, 0.3) is 0 Å². The minimum atomic E-state index is -3.35. The zero-order chi connectivity index (χ0) is 11.7. The molecule has 7 heteroatoms. The lowest BCUT2D eigenvalue weighted by molar-refractivity contribution is -0.141. The second-order valence-corrected chi connectivity index (χ2v) is 4.30. The van der Waals surface area contributed by atoms with Crippen molar-refractivity contribution in [3.8, 4) is 0 Å². The summed E-state index contributed by atoms with van der Waals surface area (Å²) in [5.41, 5.74) is 0. The first kappa shape index (κ1) is 14.6. The Hall–Kier alpha value is -0.420. The first-order valence-electron chi connectivity index (χ1n) is 4.87. The minimum Gasteiger partial charge on any atom is -0.465 e. The SMILES string of the molecule is CCOC(=O)CNP(=O)(OCC)OCC. The Kier molecular flexibility index (Phi) is 7.60. The second kappa shape index (κ2) is 7.82. The Morgan fingerprint density at radius 3 is 2.07 bits per heavy atom. The van der Waals surface area contributed by atoms with Gasteiger partial charge >= 0.3 is 13.7 Å². The number of nitrogens with one attached hydrogen (secondary N) is 1. The smallest absolute Gasteiger partial charge is 0.406 e. The van der Waals surface area contributed by atoms with Crippen LogP contribution in [0.4, 0.5) is 0 Å². The average Bonchev–Trinajstić information content (AvgIpc) is 2.16. The molecule has 0 aromatic rings. The van der Waals surface area contributed by atoms with Gasteiger partial charge in [0.15, 0.2) is 0 Å². The molecule has 0 radical (unpaired) electrons. The molecule has 0 aromatic carbocycles. The van der Waals surface area contributed by atoms with Crippen LogP contribution < -0.4 is 5.09 Å². The van der Waals surface area contributed by atoms with Gasteiger partial charge in [-0.05, 0) is 20.8 Å². The average molecular weight is 239 g/mol. The quantitative estimate of drug-likeness (QED) is 0.508. The highest BCUT2D eigenvalue weighted by Gasteiger charge is 2.24. The van der Waals surface area contributed by atoms with Crippen LogP contribution in [0.2, 0.25) is 0 Å². The monoisotopic (exact) mass is 239 g/mol. The van der Waals surface area contributed by atoms with Crippen molar-refractivity contribution in [1.29, 1.82) is 0 Å². The van der Waals surface area contributed by atoms with Gasteiger partial charge in [-0.25, -0.2) is 9.65 Å². The Labute approximate surface area is 89.9 Å². The van der Waals surface area contributed by atoms with Crippen LogP contribution in [0, 0.1) is 0 Å². The van der Waals surface area contributed by atoms with E-state index in [9.17, 15) is 9.36 Å². The van der Waals surface area contributed by atoms with Crippen LogP contribution in [0.25, 0.3) is 0 Å². The molecule has 0 aliphatic rings. The van der Waals surface area contributed by atoms with Crippen LogP contribution in [-0.4, -0.2) is 32.3 Å². The van der Waals surface area contributed by atoms with Crippen molar-refractivity contribution >= 4 is 13.7 Å². The number of carbonyl (C=O) groups excluding carboxylic acids is 1. The molecular formula is C8H18NO5P. The summed E-state index contributed by atoms with van der Waals surface area (Å²) >= 11 is 0. The van der Waals surface area contributed by atoms with Crippen molar-refractivity contribution in [1.82, 2.24) is 5.09 Å². The lowest BCUT2D eigenvalue weighted by atomic mass is 10.7. The van der Waals surface area contributed by atoms with Crippen molar-refractivity contribution in [2.24, 2.45) is 0 Å². The van der Waals surface area contributed by atoms with E-state index in [-0.39, 0.29) is 26.4 Å². The molecule has 0 bridgehead atoms. The molecule has 0 spiro atoms. The van der Waals surface area contributed by atoms with Gasteiger partial charge in [0.05, 0.1) is 19.8 Å². The van der Waals surface area contributed by atoms with Crippen molar-refractivity contribution < 1.29 is 23.1 Å². The summed E-state index contributed by atoms with van der Waals surface area (Å²) in [6.45, 7) is 5.66. The van der Waals surface area contributed by atoms with Crippen LogP contribution in [0.15, 0.2) is 0 Å². The summed E-state index contributed by atoms with van der Waals surface area (Å²) in [6.07, 6.45) is 0. The predicted molar refractivity (Wildman–Crippen MR) is 55.5 cm³/mol. The molecule has 0 saturated heterocycles. The Bertz CT molecular complexity index is 223. The van der Waals surface area contributed by atoms with E-state index in [2.05, 4.69) is 9.82 Å². The van der Waals surface area contributed by atoms with Gasteiger partial charge in [0.1, 0.15) is 6.54 Å². The third-order valence-electron chi connectivity index (χ3n) is 1.32. The van der Waals surface area contributed by atoms with Crippen molar-refractivity contribution in [2.75, 3.05) is 26.4 Å². The molecule has 0 atom stereocenters. The van der Waals surface area contributed by atoms with Crippen LogP contribution in [0.3, 0.4) is 0 Å². The number of hydrogen-bond acceptors (Lipinski definition) is 5. The molecule has 0 saturated carbocycles. The Morgan fingerprint density at radius 2 is 1.67 bits per heavy atom. The van der Waals surface area contributed by atoms with E-state index in [0.717, 1.165) is 0 Å². The number of carbonyl (C=O) groups is 1. The molecule has 6 nitrogen and oxygen atoms in total. The second-order valence-electron chi connectivity index (χ2n) is 2.47. The summed E-state index contributed by atoms with van der Waals surface area (Å²) in [5.74, 6) is -0.489. The molecule has 0 unspecified atom stereocenters. The van der Waals surface area contributed by atoms with Gasteiger partial charge in [-0.2, -0.15) is 0 Å². The number of hydrogen-bond donors (Lipinski definition) is 1. The third-order valence-corrected chi connectivity index (χ3v) is 3.06. The van der Waals surface area contributed by atoms with Crippen LogP contribution in [-0.2, 0) is 23.1 Å². The van der Waals surface area contributed by atoms with E-state index in [4.69, 9.17) is 9.05 Å². The maximum absolute atomic E-state index is 11.8. The van der Waals surface area contributed by atoms with E-state index >= 15 is 0 Å². The molecule has 0 heterocycles. The molecule has 0 rings (SSSR count). The van der Waals surface area contributed by atoms with Gasteiger partial charge in [-0.3, -0.25) is 13.8 Å². The van der Waals surface area contributed by atoms with Gasteiger partial charge in [0.2, 0.25) is 0 Å². The van der Waals surface area contributed by atoms with E-state index < -0.39 is 13.7 Å². The number of ether oxygens (including phenoxy) is 1. The maximum Gasteiger partial charge on any atom is 0.406 e. The van der Waals surface area contributed by atoms with Crippen molar-refractivity contribution in [2.45, 2.75) is 20.8 Å². The van der Waals surface area contributed by atoms with Crippen LogP contribution in [0.1, 0.15) is 20.8 Å². The van der Waals surface area contributed by atoms with Crippen molar-refractivity contribution in [3.63, 3.8) is 0 Å². The first-order chi connectivity index (χ1) is 7.08. The van der Waals surface area contributed by atoms with E-state index in [1.165, 1.54) is 0 Å². The standard InChI is InChI=1S/C8H18NO5P/c1-4-12-8(10)7-9-15(11,13-5-2)14-6-3/h4-7H2,1-3H3,(H,9,11). The van der Waals surface area contributed by atoms with E-state index in [1.54, 1.807) is 20.8 Å². The molecule has 0 fully saturated rings. The Morgan fingerprint density at radius 1 is 1.13 bits per heavy atom. The maximum atomic E-state index is 11.8. The zero-order valence-electron chi connectivity index (χ0n) is 9.32. The molecule has 15 heavy (non-hydrogen) atoms. The lowest BCUT2D eigenvalue weighted by Gasteiger charge is -2.16. The zero-order valence-corrected chi connectivity index (χ0v) is 10.2. The summed E-state index contributed by atoms with van der Waals surface area (Å²) < 4.78 is 26.2. The number of rotatable bonds is 8. The highest BCUT2D eigenvalue weighted by atomic mass is 31.2. The molecular weight excluding hydrogens is 221 g/mol. The largest absolute Gasteiger partial charge is 0.465 e. The molecule has 1 N–H and O–H groups in total. The fourth-order valence-corrected chi connectivity index (χ4v) is 2.10. The number of esters is 1. The predicted octanol–water partition coefficient (Wildman–Crippen LogP) is 1.32. The topological polar surface area (TPSA) is 73.9 Å². The van der Waals surface area contributed by atoms with Crippen LogP contribution >= 0.6 is 7.75 Å². The normalized spacial score (nSPS) is 11.4. The summed E-state index contributed by atoms with van der Waals surface area (Å²) in [5, 5.41) is 2.42. The molecule has 90 valence electrons. The first-order valence-corrected chi connectivity index (χ1v) is 6.42. The fraction of sp³-hybridized carbons (Fsp3) is 0.875. The highest BCUT2D eigenvalue weighted by molar-refractivity contribution is 7.51. The minimum absolute atomic E-state index is 0.189. The summed E-state index contributed by atoms with van der Waals surface area (Å²) in [7, 11) is -3.35.